The zero-order valence-electron chi connectivity index (χ0n) is 9.98. The summed E-state index contributed by atoms with van der Waals surface area (Å²) in [6, 6.07) is 8.39. The molecule has 1 unspecified atom stereocenters. The van der Waals surface area contributed by atoms with Crippen molar-refractivity contribution < 1.29 is 9.21 Å². The number of hydrogen-bond acceptors (Lipinski definition) is 3. The minimum Gasteiger partial charge on any atom is -0.469 e. The van der Waals surface area contributed by atoms with E-state index in [1.807, 2.05) is 6.07 Å². The van der Waals surface area contributed by atoms with Gasteiger partial charge in [0, 0.05) is 15.6 Å². The van der Waals surface area contributed by atoms with E-state index in [4.69, 9.17) is 27.6 Å². The fraction of sp³-hybridized carbons (Fsp3) is 0.143. The predicted octanol–water partition coefficient (Wildman–Crippen LogP) is 4.38. The minimum atomic E-state index is -1.04. The van der Waals surface area contributed by atoms with Gasteiger partial charge in [0.05, 0.1) is 11.6 Å². The van der Waals surface area contributed by atoms with E-state index in [0.717, 1.165) is 0 Å². The molecule has 0 bridgehead atoms. The van der Waals surface area contributed by atoms with Crippen LogP contribution >= 0.6 is 23.2 Å². The highest BCUT2D eigenvalue weighted by atomic mass is 35.5. The highest BCUT2D eigenvalue weighted by Gasteiger charge is 2.27. The molecule has 0 aliphatic rings. The lowest BCUT2D eigenvalue weighted by Crippen LogP contribution is -2.11. The summed E-state index contributed by atoms with van der Waals surface area (Å²) in [7, 11) is 0. The topological polar surface area (TPSA) is 54.0 Å². The summed E-state index contributed by atoms with van der Waals surface area (Å²) >= 11 is 12.1. The lowest BCUT2D eigenvalue weighted by atomic mass is 9.93. The van der Waals surface area contributed by atoms with E-state index in [2.05, 4.69) is 0 Å². The van der Waals surface area contributed by atoms with Gasteiger partial charge in [-0.15, -0.1) is 0 Å². The number of nitriles is 1. The Morgan fingerprint density at radius 1 is 1.37 bits per heavy atom. The van der Waals surface area contributed by atoms with Crippen LogP contribution in [0.15, 0.2) is 34.9 Å². The number of halogens is 2. The van der Waals surface area contributed by atoms with Gasteiger partial charge in [-0.25, -0.2) is 0 Å². The molecule has 0 saturated heterocycles. The molecule has 0 radical (unpaired) electrons. The molecule has 1 atom stereocenters. The molecule has 0 N–H and O–H groups in total. The van der Waals surface area contributed by atoms with Gasteiger partial charge < -0.3 is 4.42 Å². The third kappa shape index (κ3) is 2.65. The third-order valence-corrected chi connectivity index (χ3v) is 3.35. The fourth-order valence-electron chi connectivity index (χ4n) is 1.78. The molecule has 1 heterocycles. The number of nitrogens with zero attached hydrogens (tertiary/aromatic N) is 1. The van der Waals surface area contributed by atoms with E-state index in [0.29, 0.717) is 26.9 Å². The molecule has 3 nitrogen and oxygen atoms in total. The van der Waals surface area contributed by atoms with Gasteiger partial charge in [0.15, 0.2) is 5.78 Å². The molecule has 0 amide bonds. The number of aryl methyl sites for hydroxylation is 1. The second-order valence-corrected chi connectivity index (χ2v) is 4.82. The van der Waals surface area contributed by atoms with Gasteiger partial charge in [0.1, 0.15) is 17.9 Å². The van der Waals surface area contributed by atoms with Crippen LogP contribution in [0, 0.1) is 18.3 Å². The molecule has 0 fully saturated rings. The Balaban J connectivity index is 2.47. The molecular weight excluding hydrogens is 285 g/mol. The quantitative estimate of drug-likeness (QED) is 0.789. The van der Waals surface area contributed by atoms with Crippen molar-refractivity contribution in [2.75, 3.05) is 0 Å². The van der Waals surface area contributed by atoms with Crippen molar-refractivity contribution in [3.63, 3.8) is 0 Å². The molecule has 0 aliphatic heterocycles. The second-order valence-electron chi connectivity index (χ2n) is 4.01. The van der Waals surface area contributed by atoms with Crippen LogP contribution in [0.25, 0.3) is 0 Å². The highest BCUT2D eigenvalue weighted by molar-refractivity contribution is 6.36. The van der Waals surface area contributed by atoms with E-state index in [-0.39, 0.29) is 5.78 Å². The van der Waals surface area contributed by atoms with Gasteiger partial charge in [-0.2, -0.15) is 5.26 Å². The number of rotatable bonds is 3. The van der Waals surface area contributed by atoms with Gasteiger partial charge in [-0.1, -0.05) is 29.3 Å². The first-order valence-corrected chi connectivity index (χ1v) is 6.23. The molecule has 1 aromatic heterocycles. The Labute approximate surface area is 120 Å². The number of furan rings is 1. The first kappa shape index (κ1) is 13.7. The second kappa shape index (κ2) is 5.48. The number of carbonyl (C=O) groups excluding carboxylic acids is 1. The van der Waals surface area contributed by atoms with E-state index >= 15 is 0 Å². The Morgan fingerprint density at radius 3 is 2.47 bits per heavy atom. The molecule has 2 rings (SSSR count). The zero-order chi connectivity index (χ0) is 14.0. The van der Waals surface area contributed by atoms with Crippen molar-refractivity contribution in [3.05, 3.63) is 57.5 Å². The van der Waals surface area contributed by atoms with Crippen molar-refractivity contribution in [2.45, 2.75) is 12.8 Å². The van der Waals surface area contributed by atoms with Crippen molar-refractivity contribution in [3.8, 4) is 6.07 Å². The summed E-state index contributed by atoms with van der Waals surface area (Å²) in [6.07, 6.45) is 1.33. The molecule has 1 aromatic carbocycles. The van der Waals surface area contributed by atoms with Gasteiger partial charge in [-0.05, 0) is 25.1 Å². The van der Waals surface area contributed by atoms with E-state index < -0.39 is 5.92 Å². The average Bonchev–Trinajstić information content (AvgIpc) is 2.80. The largest absolute Gasteiger partial charge is 0.469 e. The number of carbonyl (C=O) groups is 1. The normalized spacial score (nSPS) is 11.9. The van der Waals surface area contributed by atoms with Gasteiger partial charge >= 0.3 is 0 Å². The average molecular weight is 294 g/mol. The molecule has 0 spiro atoms. The SMILES string of the molecule is Cc1cc(C(=O)C(C#N)c2c(Cl)cccc2Cl)co1. The Kier molecular flexibility index (Phi) is 3.94. The Hall–Kier alpha value is -1.76. The Morgan fingerprint density at radius 2 is 2.00 bits per heavy atom. The smallest absolute Gasteiger partial charge is 0.187 e. The van der Waals surface area contributed by atoms with Crippen molar-refractivity contribution in [1.29, 1.82) is 5.26 Å². The standard InChI is InChI=1S/C14H9Cl2NO2/c1-8-5-9(7-19-8)14(18)10(6-17)13-11(15)3-2-4-12(13)16/h2-5,7,10H,1H3. The molecule has 19 heavy (non-hydrogen) atoms. The lowest BCUT2D eigenvalue weighted by molar-refractivity contribution is 0.0978. The first-order chi connectivity index (χ1) is 9.04. The summed E-state index contributed by atoms with van der Waals surface area (Å²) in [5, 5.41) is 9.85. The maximum absolute atomic E-state index is 12.3. The molecule has 0 aliphatic carbocycles. The summed E-state index contributed by atoms with van der Waals surface area (Å²) in [4.78, 5) is 12.3. The maximum atomic E-state index is 12.3. The van der Waals surface area contributed by atoms with Gasteiger partial charge in [0.25, 0.3) is 0 Å². The predicted molar refractivity (Wildman–Crippen MR) is 72.6 cm³/mol. The van der Waals surface area contributed by atoms with E-state index in [1.165, 1.54) is 6.26 Å². The minimum absolute atomic E-state index is 0.299. The van der Waals surface area contributed by atoms with Crippen molar-refractivity contribution in [2.24, 2.45) is 0 Å². The van der Waals surface area contributed by atoms with Crippen LogP contribution in [0.2, 0.25) is 10.0 Å². The number of hydrogen-bond donors (Lipinski definition) is 0. The number of Topliss-reactive ketones (excluding diaryl/α,β-unsaturated/α-hetero) is 1. The van der Waals surface area contributed by atoms with Crippen LogP contribution in [0.1, 0.15) is 27.6 Å². The molecule has 0 saturated carbocycles. The lowest BCUT2D eigenvalue weighted by Gasteiger charge is -2.11. The van der Waals surface area contributed by atoms with E-state index in [9.17, 15) is 10.1 Å². The zero-order valence-corrected chi connectivity index (χ0v) is 11.5. The van der Waals surface area contributed by atoms with Crippen LogP contribution in [-0.2, 0) is 0 Å². The summed E-state index contributed by atoms with van der Waals surface area (Å²) in [5.74, 6) is -0.821. The maximum Gasteiger partial charge on any atom is 0.187 e. The van der Waals surface area contributed by atoms with Gasteiger partial charge in [-0.3, -0.25) is 4.79 Å². The summed E-state index contributed by atoms with van der Waals surface area (Å²) in [6.45, 7) is 1.72. The van der Waals surface area contributed by atoms with Crippen LogP contribution in [0.5, 0.6) is 0 Å². The molecule has 96 valence electrons. The third-order valence-electron chi connectivity index (χ3n) is 2.69. The summed E-state index contributed by atoms with van der Waals surface area (Å²) < 4.78 is 5.08. The molecule has 2 aromatic rings. The summed E-state index contributed by atoms with van der Waals surface area (Å²) in [5.41, 5.74) is 0.664. The van der Waals surface area contributed by atoms with Crippen LogP contribution in [0.4, 0.5) is 0 Å². The van der Waals surface area contributed by atoms with Crippen LogP contribution in [-0.4, -0.2) is 5.78 Å². The van der Waals surface area contributed by atoms with Crippen molar-refractivity contribution in [1.82, 2.24) is 0 Å². The van der Waals surface area contributed by atoms with Crippen LogP contribution in [0.3, 0.4) is 0 Å². The van der Waals surface area contributed by atoms with Crippen molar-refractivity contribution >= 4 is 29.0 Å². The van der Waals surface area contributed by atoms with Gasteiger partial charge in [0.2, 0.25) is 0 Å². The first-order valence-electron chi connectivity index (χ1n) is 5.47. The monoisotopic (exact) mass is 293 g/mol. The number of benzene rings is 1. The fourth-order valence-corrected chi connectivity index (χ4v) is 2.40. The van der Waals surface area contributed by atoms with E-state index in [1.54, 1.807) is 31.2 Å². The highest BCUT2D eigenvalue weighted by Crippen LogP contribution is 2.33. The molecule has 5 heteroatoms. The molecular formula is C14H9Cl2NO2. The Bertz CT molecular complexity index is 650. The number of ketones is 1. The van der Waals surface area contributed by atoms with Crippen LogP contribution < -0.4 is 0 Å².